The van der Waals surface area contributed by atoms with Crippen molar-refractivity contribution >= 4 is 24.9 Å². The van der Waals surface area contributed by atoms with Crippen LogP contribution in [0.15, 0.2) is 49.2 Å². The van der Waals surface area contributed by atoms with Crippen molar-refractivity contribution in [2.24, 2.45) is 0 Å². The van der Waals surface area contributed by atoms with Gasteiger partial charge in [0.15, 0.2) is 11.5 Å². The molecule has 0 saturated heterocycles. The van der Waals surface area contributed by atoms with Crippen LogP contribution < -0.4 is 10.9 Å². The van der Waals surface area contributed by atoms with Crippen molar-refractivity contribution in [2.75, 3.05) is 5.32 Å². The highest BCUT2D eigenvalue weighted by Gasteiger charge is 2.08. The number of nitrogens with zero attached hydrogens (tertiary/aromatic N) is 5. The van der Waals surface area contributed by atoms with Gasteiger partial charge in [-0.05, 0) is 42.7 Å². The Labute approximate surface area is 152 Å². The Bertz CT molecular complexity index is 1090. The fourth-order valence-corrected chi connectivity index (χ4v) is 2.97. The fourth-order valence-electron chi connectivity index (χ4n) is 2.97. The number of aromatic nitrogens is 5. The van der Waals surface area contributed by atoms with Crippen LogP contribution in [0.1, 0.15) is 16.8 Å². The van der Waals surface area contributed by atoms with Crippen LogP contribution in [-0.4, -0.2) is 32.2 Å². The van der Waals surface area contributed by atoms with Gasteiger partial charge in [-0.25, -0.2) is 9.97 Å². The van der Waals surface area contributed by atoms with Crippen molar-refractivity contribution < 1.29 is 0 Å². The van der Waals surface area contributed by atoms with Crippen LogP contribution in [-0.2, 0) is 6.54 Å². The summed E-state index contributed by atoms with van der Waals surface area (Å²) in [5, 5.41) is 3.31. The van der Waals surface area contributed by atoms with Gasteiger partial charge in [-0.2, -0.15) is 0 Å². The molecule has 7 heteroatoms. The maximum Gasteiger partial charge on any atom is 0.179 e. The molecule has 0 spiro atoms. The van der Waals surface area contributed by atoms with Crippen molar-refractivity contribution in [3.63, 3.8) is 0 Å². The third-order valence-electron chi connectivity index (χ3n) is 4.22. The molecule has 1 N–H and O–H groups in total. The van der Waals surface area contributed by atoms with E-state index < -0.39 is 0 Å². The van der Waals surface area contributed by atoms with Crippen LogP contribution in [0.3, 0.4) is 0 Å². The zero-order valence-corrected chi connectivity index (χ0v) is 14.6. The van der Waals surface area contributed by atoms with E-state index in [2.05, 4.69) is 38.2 Å². The maximum atomic E-state index is 5.89. The molecule has 0 bridgehead atoms. The second kappa shape index (κ2) is 6.59. The minimum absolute atomic E-state index is 0.583. The van der Waals surface area contributed by atoms with Gasteiger partial charge in [0.1, 0.15) is 7.85 Å². The number of nitrogens with one attached hydrogen (secondary N) is 1. The summed E-state index contributed by atoms with van der Waals surface area (Å²) in [6.07, 6.45) is 8.81. The molecule has 4 rings (SSSR count). The van der Waals surface area contributed by atoms with E-state index in [0.29, 0.717) is 23.6 Å². The first-order valence-corrected chi connectivity index (χ1v) is 8.32. The van der Waals surface area contributed by atoms with Crippen LogP contribution in [0.5, 0.6) is 0 Å². The number of rotatable bonds is 4. The molecule has 4 aromatic rings. The SMILES string of the molecule is [B]c1cnc2c(NCc3cnc(-c4ccnc(C)c4)c(C)c3)nccn12. The van der Waals surface area contributed by atoms with Crippen molar-refractivity contribution in [1.29, 1.82) is 0 Å². The summed E-state index contributed by atoms with van der Waals surface area (Å²) in [4.78, 5) is 17.5. The molecule has 4 heterocycles. The number of hydrogen-bond acceptors (Lipinski definition) is 5. The van der Waals surface area contributed by atoms with Crippen LogP contribution in [0.25, 0.3) is 16.9 Å². The standard InChI is InChI=1S/C19H17BN6/c1-12-7-14(9-23-17(12)15-3-4-21-13(2)8-15)10-24-18-19-25-11-16(20)26(19)6-5-22-18/h3-9,11H,10H2,1-2H3,(H,22,24). The number of imidazole rings is 1. The zero-order chi connectivity index (χ0) is 18.1. The summed E-state index contributed by atoms with van der Waals surface area (Å²) < 4.78 is 1.80. The Morgan fingerprint density at radius 3 is 2.73 bits per heavy atom. The number of fused-ring (bicyclic) bond motifs is 1. The second-order valence-corrected chi connectivity index (χ2v) is 6.20. The monoisotopic (exact) mass is 340 g/mol. The molecular weight excluding hydrogens is 323 g/mol. The number of anilines is 1. The Balaban J connectivity index is 1.56. The van der Waals surface area contributed by atoms with Gasteiger partial charge in [0, 0.05) is 48.8 Å². The molecule has 0 amide bonds. The first-order chi connectivity index (χ1) is 12.6. The van der Waals surface area contributed by atoms with Gasteiger partial charge in [-0.1, -0.05) is 6.07 Å². The van der Waals surface area contributed by atoms with Crippen molar-refractivity contribution in [3.05, 3.63) is 66.0 Å². The highest BCUT2D eigenvalue weighted by molar-refractivity contribution is 6.31. The minimum Gasteiger partial charge on any atom is -0.363 e. The van der Waals surface area contributed by atoms with E-state index >= 15 is 0 Å². The molecule has 0 aliphatic heterocycles. The molecule has 0 aromatic carbocycles. The van der Waals surface area contributed by atoms with Gasteiger partial charge in [0.05, 0.1) is 5.69 Å². The van der Waals surface area contributed by atoms with E-state index in [-0.39, 0.29) is 0 Å². The average Bonchev–Trinajstić information content (AvgIpc) is 3.02. The molecule has 0 unspecified atom stereocenters. The summed E-state index contributed by atoms with van der Waals surface area (Å²) in [6.45, 7) is 4.64. The molecule has 0 aliphatic carbocycles. The van der Waals surface area contributed by atoms with Gasteiger partial charge in [-0.3, -0.25) is 9.97 Å². The summed E-state index contributed by atoms with van der Waals surface area (Å²) in [5.74, 6) is 0.690. The predicted molar refractivity (Wildman–Crippen MR) is 103 cm³/mol. The summed E-state index contributed by atoms with van der Waals surface area (Å²) in [7, 11) is 5.89. The van der Waals surface area contributed by atoms with Crippen molar-refractivity contribution in [2.45, 2.75) is 20.4 Å². The van der Waals surface area contributed by atoms with E-state index in [0.717, 1.165) is 28.1 Å². The molecule has 0 fully saturated rings. The summed E-state index contributed by atoms with van der Waals surface area (Å²) >= 11 is 0. The average molecular weight is 340 g/mol. The zero-order valence-electron chi connectivity index (χ0n) is 14.6. The van der Waals surface area contributed by atoms with Crippen LogP contribution in [0.4, 0.5) is 5.82 Å². The van der Waals surface area contributed by atoms with E-state index in [1.54, 1.807) is 23.0 Å². The molecule has 0 aliphatic rings. The molecular formula is C19H17BN6. The smallest absolute Gasteiger partial charge is 0.179 e. The lowest BCUT2D eigenvalue weighted by Gasteiger charge is -2.10. The van der Waals surface area contributed by atoms with E-state index in [1.165, 1.54) is 0 Å². The number of pyridine rings is 2. The van der Waals surface area contributed by atoms with Gasteiger partial charge in [-0.15, -0.1) is 0 Å². The van der Waals surface area contributed by atoms with E-state index in [9.17, 15) is 0 Å². The highest BCUT2D eigenvalue weighted by Crippen LogP contribution is 2.22. The number of hydrogen-bond donors (Lipinski definition) is 1. The molecule has 2 radical (unpaired) electrons. The Hall–Kier alpha value is -3.22. The van der Waals surface area contributed by atoms with Crippen molar-refractivity contribution in [1.82, 2.24) is 24.3 Å². The van der Waals surface area contributed by atoms with Crippen LogP contribution in [0, 0.1) is 13.8 Å². The largest absolute Gasteiger partial charge is 0.363 e. The molecule has 0 saturated carbocycles. The fraction of sp³-hybridized carbons (Fsp3) is 0.158. The number of aryl methyl sites for hydroxylation is 2. The third-order valence-corrected chi connectivity index (χ3v) is 4.22. The highest BCUT2D eigenvalue weighted by atomic mass is 15.1. The lowest BCUT2D eigenvalue weighted by molar-refractivity contribution is 1.06. The minimum atomic E-state index is 0.583. The normalized spacial score (nSPS) is 11.0. The van der Waals surface area contributed by atoms with Crippen LogP contribution >= 0.6 is 0 Å². The van der Waals surface area contributed by atoms with Crippen molar-refractivity contribution in [3.8, 4) is 11.3 Å². The molecule has 126 valence electrons. The molecule has 6 nitrogen and oxygen atoms in total. The lowest BCUT2D eigenvalue weighted by Crippen LogP contribution is -2.11. The first kappa shape index (κ1) is 16.3. The summed E-state index contributed by atoms with van der Waals surface area (Å²) in [5.41, 5.74) is 6.51. The Morgan fingerprint density at radius 1 is 1.04 bits per heavy atom. The summed E-state index contributed by atoms with van der Waals surface area (Å²) in [6, 6.07) is 6.15. The van der Waals surface area contributed by atoms with E-state index in [4.69, 9.17) is 7.85 Å². The molecule has 26 heavy (non-hydrogen) atoms. The van der Waals surface area contributed by atoms with Gasteiger partial charge < -0.3 is 9.72 Å². The van der Waals surface area contributed by atoms with Gasteiger partial charge in [0.2, 0.25) is 0 Å². The maximum absolute atomic E-state index is 5.89. The second-order valence-electron chi connectivity index (χ2n) is 6.20. The van der Waals surface area contributed by atoms with E-state index in [1.807, 2.05) is 31.5 Å². The Kier molecular flexibility index (Phi) is 4.12. The molecule has 0 atom stereocenters. The topological polar surface area (TPSA) is 68.0 Å². The predicted octanol–water partition coefficient (Wildman–Crippen LogP) is 2.21. The van der Waals surface area contributed by atoms with Gasteiger partial charge >= 0.3 is 0 Å². The third kappa shape index (κ3) is 3.03. The lowest BCUT2D eigenvalue weighted by atomic mass is 10.1. The van der Waals surface area contributed by atoms with Crippen LogP contribution in [0.2, 0.25) is 0 Å². The van der Waals surface area contributed by atoms with Gasteiger partial charge in [0.25, 0.3) is 0 Å². The quantitative estimate of drug-likeness (QED) is 0.577. The first-order valence-electron chi connectivity index (χ1n) is 8.32. The molecule has 4 aromatic heterocycles. The Morgan fingerprint density at radius 2 is 1.92 bits per heavy atom.